The van der Waals surface area contributed by atoms with Crippen LogP contribution in [0.2, 0.25) is 0 Å². The van der Waals surface area contributed by atoms with E-state index in [0.29, 0.717) is 24.8 Å². The van der Waals surface area contributed by atoms with Crippen LogP contribution in [-0.4, -0.2) is 41.1 Å². The molecule has 9 nitrogen and oxygen atoms in total. The topological polar surface area (TPSA) is 142 Å². The maximum Gasteiger partial charge on any atom is 0.321 e. The van der Waals surface area contributed by atoms with Gasteiger partial charge < -0.3 is 25.1 Å². The van der Waals surface area contributed by atoms with Crippen molar-refractivity contribution in [3.05, 3.63) is 23.8 Å². The lowest BCUT2D eigenvalue weighted by atomic mass is 9.79. The molecule has 1 aromatic rings. The maximum atomic E-state index is 12.8. The van der Waals surface area contributed by atoms with Crippen molar-refractivity contribution in [2.45, 2.75) is 106 Å². The molecule has 0 aliphatic heterocycles. The van der Waals surface area contributed by atoms with Gasteiger partial charge >= 0.3 is 23.9 Å². The van der Waals surface area contributed by atoms with E-state index in [1.54, 1.807) is 40.7 Å². The average molecular weight is 550 g/mol. The molecule has 7 atom stereocenters. The van der Waals surface area contributed by atoms with Crippen molar-refractivity contribution in [2.75, 3.05) is 0 Å². The molecule has 0 bridgehead atoms. The number of hydrogen-bond acceptors (Lipinski definition) is 8. The number of ether oxygens (including phenoxy) is 3. The van der Waals surface area contributed by atoms with E-state index in [-0.39, 0.29) is 29.3 Å². The van der Waals surface area contributed by atoms with Crippen molar-refractivity contribution < 1.29 is 38.5 Å². The average Bonchev–Trinajstić information content (AvgIpc) is 2.89. The van der Waals surface area contributed by atoms with E-state index in [9.17, 15) is 24.3 Å². The highest BCUT2D eigenvalue weighted by Gasteiger charge is 2.36. The monoisotopic (exact) mass is 549 g/mol. The molecular weight excluding hydrogens is 502 g/mol. The SMILES string of the molecule is CCCC(C)C(=O)Oc1ccc(C(C(C)C(C)OC(=O)C(C)CC)[C@H](N)C(=O)O)cc1OC(=O)C(C)CCC. The van der Waals surface area contributed by atoms with E-state index in [1.807, 2.05) is 20.8 Å². The molecule has 0 spiro atoms. The van der Waals surface area contributed by atoms with Crippen LogP contribution >= 0.6 is 0 Å². The van der Waals surface area contributed by atoms with Crippen LogP contribution in [0.3, 0.4) is 0 Å². The van der Waals surface area contributed by atoms with E-state index in [0.717, 1.165) is 12.8 Å². The third kappa shape index (κ3) is 9.95. The second kappa shape index (κ2) is 16.2. The highest BCUT2D eigenvalue weighted by Crippen LogP contribution is 2.38. The van der Waals surface area contributed by atoms with Gasteiger partial charge in [-0.05, 0) is 43.9 Å². The van der Waals surface area contributed by atoms with Crippen molar-refractivity contribution in [3.8, 4) is 11.5 Å². The van der Waals surface area contributed by atoms with E-state index in [4.69, 9.17) is 19.9 Å². The fourth-order valence-electron chi connectivity index (χ4n) is 4.27. The molecule has 0 aromatic heterocycles. The van der Waals surface area contributed by atoms with Gasteiger partial charge in [0.2, 0.25) is 0 Å². The van der Waals surface area contributed by atoms with Gasteiger partial charge in [0, 0.05) is 11.8 Å². The molecule has 0 saturated carbocycles. The Morgan fingerprint density at radius 2 is 1.31 bits per heavy atom. The number of carbonyl (C=O) groups is 4. The second-order valence-corrected chi connectivity index (χ2v) is 10.6. The van der Waals surface area contributed by atoms with Crippen molar-refractivity contribution in [3.63, 3.8) is 0 Å². The van der Waals surface area contributed by atoms with Gasteiger partial charge in [0.15, 0.2) is 11.5 Å². The Morgan fingerprint density at radius 3 is 1.77 bits per heavy atom. The summed E-state index contributed by atoms with van der Waals surface area (Å²) >= 11 is 0. The highest BCUT2D eigenvalue weighted by atomic mass is 16.6. The molecule has 9 heteroatoms. The molecule has 1 rings (SSSR count). The fourth-order valence-corrected chi connectivity index (χ4v) is 4.27. The Labute approximate surface area is 232 Å². The van der Waals surface area contributed by atoms with Gasteiger partial charge in [0.25, 0.3) is 0 Å². The van der Waals surface area contributed by atoms with Crippen LogP contribution in [0.5, 0.6) is 11.5 Å². The lowest BCUT2D eigenvalue weighted by Gasteiger charge is -2.32. The normalized spacial score (nSPS) is 16.6. The quantitative estimate of drug-likeness (QED) is 0.202. The Kier molecular flexibility index (Phi) is 14.2. The first-order valence-electron chi connectivity index (χ1n) is 14.0. The number of carbonyl (C=O) groups excluding carboxylic acids is 3. The Morgan fingerprint density at radius 1 is 0.795 bits per heavy atom. The number of benzene rings is 1. The zero-order valence-corrected chi connectivity index (χ0v) is 24.7. The first kappa shape index (κ1) is 34.1. The summed E-state index contributed by atoms with van der Waals surface area (Å²) in [6.45, 7) is 14.6. The van der Waals surface area contributed by atoms with Crippen LogP contribution in [-0.2, 0) is 23.9 Å². The number of aliphatic carboxylic acids is 1. The summed E-state index contributed by atoms with van der Waals surface area (Å²) in [5, 5.41) is 9.80. The molecule has 220 valence electrons. The summed E-state index contributed by atoms with van der Waals surface area (Å²) < 4.78 is 16.9. The molecule has 0 saturated heterocycles. The number of nitrogens with two attached hydrogens (primary N) is 1. The summed E-state index contributed by atoms with van der Waals surface area (Å²) in [5.74, 6) is -4.84. The van der Waals surface area contributed by atoms with Crippen LogP contribution in [0.15, 0.2) is 18.2 Å². The van der Waals surface area contributed by atoms with E-state index < -0.39 is 47.8 Å². The molecule has 0 aliphatic carbocycles. The molecule has 0 amide bonds. The summed E-state index contributed by atoms with van der Waals surface area (Å²) in [7, 11) is 0. The zero-order valence-electron chi connectivity index (χ0n) is 24.7. The second-order valence-electron chi connectivity index (χ2n) is 10.6. The van der Waals surface area contributed by atoms with Crippen molar-refractivity contribution in [1.82, 2.24) is 0 Å². The van der Waals surface area contributed by atoms with Crippen LogP contribution < -0.4 is 15.2 Å². The largest absolute Gasteiger partial charge is 0.480 e. The standard InChI is InChI=1S/C30H47NO8/c1-9-12-18(5)29(35)38-23-15-14-22(16-24(23)39-30(36)19(6)13-10-2)25(26(31)27(32)33)20(7)21(8)37-28(34)17(4)11-3/h14-21,25-26H,9-13,31H2,1-8H3,(H,32,33)/t17?,18?,19?,20?,21?,25?,26-/m0/s1. The molecule has 39 heavy (non-hydrogen) atoms. The third-order valence-electron chi connectivity index (χ3n) is 7.32. The van der Waals surface area contributed by atoms with Crippen LogP contribution in [0.4, 0.5) is 0 Å². The Bertz CT molecular complexity index is 978. The maximum absolute atomic E-state index is 12.8. The van der Waals surface area contributed by atoms with Crippen molar-refractivity contribution in [1.29, 1.82) is 0 Å². The van der Waals surface area contributed by atoms with Gasteiger partial charge in [-0.25, -0.2) is 0 Å². The van der Waals surface area contributed by atoms with Crippen LogP contribution in [0, 0.1) is 23.7 Å². The number of carboxylic acids is 1. The Hall–Kier alpha value is -2.94. The lowest BCUT2D eigenvalue weighted by molar-refractivity contribution is -0.155. The number of hydrogen-bond donors (Lipinski definition) is 2. The van der Waals surface area contributed by atoms with Gasteiger partial charge in [-0.3, -0.25) is 19.2 Å². The van der Waals surface area contributed by atoms with Crippen LogP contribution in [0.1, 0.15) is 99.0 Å². The minimum absolute atomic E-state index is 0.0107. The Balaban J connectivity index is 3.51. The minimum atomic E-state index is -1.34. The number of rotatable bonds is 16. The number of carboxylic acid groups (broad SMARTS) is 1. The van der Waals surface area contributed by atoms with Gasteiger partial charge in [0.05, 0.1) is 17.8 Å². The zero-order chi connectivity index (χ0) is 29.9. The van der Waals surface area contributed by atoms with E-state index in [1.165, 1.54) is 12.1 Å². The minimum Gasteiger partial charge on any atom is -0.480 e. The van der Waals surface area contributed by atoms with E-state index in [2.05, 4.69) is 0 Å². The molecule has 3 N–H and O–H groups in total. The summed E-state index contributed by atoms with van der Waals surface area (Å²) in [6, 6.07) is 3.25. The molecule has 1 aromatic carbocycles. The number of esters is 3. The summed E-state index contributed by atoms with van der Waals surface area (Å²) in [6.07, 6.45) is 2.81. The highest BCUT2D eigenvalue weighted by molar-refractivity contribution is 5.79. The summed E-state index contributed by atoms with van der Waals surface area (Å²) in [5.41, 5.74) is 6.60. The third-order valence-corrected chi connectivity index (χ3v) is 7.32. The first-order chi connectivity index (χ1) is 18.3. The smallest absolute Gasteiger partial charge is 0.321 e. The molecule has 0 heterocycles. The predicted octanol–water partition coefficient (Wildman–Crippen LogP) is 5.48. The molecule has 6 unspecified atom stereocenters. The van der Waals surface area contributed by atoms with Crippen LogP contribution in [0.25, 0.3) is 0 Å². The molecule has 0 radical (unpaired) electrons. The fraction of sp³-hybridized carbons (Fsp3) is 0.667. The van der Waals surface area contributed by atoms with E-state index >= 15 is 0 Å². The van der Waals surface area contributed by atoms with Gasteiger partial charge in [-0.1, -0.05) is 67.4 Å². The molecule has 0 fully saturated rings. The van der Waals surface area contributed by atoms with Gasteiger partial charge in [-0.2, -0.15) is 0 Å². The van der Waals surface area contributed by atoms with Gasteiger partial charge in [-0.15, -0.1) is 0 Å². The van der Waals surface area contributed by atoms with Gasteiger partial charge in [0.1, 0.15) is 12.1 Å². The lowest BCUT2D eigenvalue weighted by Crippen LogP contribution is -2.43. The van der Waals surface area contributed by atoms with Crippen molar-refractivity contribution >= 4 is 23.9 Å². The molecule has 0 aliphatic rings. The predicted molar refractivity (Wildman–Crippen MR) is 148 cm³/mol. The van der Waals surface area contributed by atoms with Crippen molar-refractivity contribution in [2.24, 2.45) is 29.4 Å². The molecular formula is C30H47NO8. The first-order valence-corrected chi connectivity index (χ1v) is 14.0. The summed E-state index contributed by atoms with van der Waals surface area (Å²) in [4.78, 5) is 49.9.